The van der Waals surface area contributed by atoms with Gasteiger partial charge in [0.2, 0.25) is 0 Å². The molecule has 0 fully saturated rings. The summed E-state index contributed by atoms with van der Waals surface area (Å²) in [6, 6.07) is 3.75. The smallest absolute Gasteiger partial charge is 0.316 e. The van der Waals surface area contributed by atoms with Crippen molar-refractivity contribution in [1.29, 1.82) is 0 Å². The summed E-state index contributed by atoms with van der Waals surface area (Å²) in [6.45, 7) is 2.41. The lowest BCUT2D eigenvalue weighted by Gasteiger charge is -2.12. The molecule has 0 spiro atoms. The molecule has 3 nitrogen and oxygen atoms in total. The summed E-state index contributed by atoms with van der Waals surface area (Å²) in [7, 11) is 1.79. The van der Waals surface area contributed by atoms with Crippen molar-refractivity contribution in [3.8, 4) is 5.69 Å². The molecule has 0 atom stereocenters. The minimum Gasteiger partial charge on any atom is -0.316 e. The zero-order chi connectivity index (χ0) is 14.9. The molecule has 0 unspecified atom stereocenters. The zero-order valence-corrected chi connectivity index (χ0v) is 11.7. The minimum atomic E-state index is -4.48. The van der Waals surface area contributed by atoms with Crippen LogP contribution in [0.5, 0.6) is 0 Å². The van der Waals surface area contributed by atoms with Gasteiger partial charge in [-0.3, -0.25) is 0 Å². The van der Waals surface area contributed by atoms with Crippen LogP contribution in [-0.4, -0.2) is 16.8 Å². The van der Waals surface area contributed by atoms with Gasteiger partial charge in [0.05, 0.1) is 22.5 Å². The first-order valence-electron chi connectivity index (χ1n) is 5.90. The predicted octanol–water partition coefficient (Wildman–Crippen LogP) is 3.57. The fourth-order valence-corrected chi connectivity index (χ4v) is 2.15. The summed E-state index contributed by atoms with van der Waals surface area (Å²) in [5.41, 5.74) is 1.19. The van der Waals surface area contributed by atoms with Gasteiger partial charge in [0.25, 0.3) is 0 Å². The number of halogens is 4. The summed E-state index contributed by atoms with van der Waals surface area (Å²) >= 11 is 5.60. The SMILES string of the molecule is CNCc1cnn(-c2ccc(Cl)c(C(F)(F)F)c2)c1C. The second-order valence-electron chi connectivity index (χ2n) is 4.36. The fourth-order valence-electron chi connectivity index (χ4n) is 1.93. The summed E-state index contributed by atoms with van der Waals surface area (Å²) < 4.78 is 40.0. The average Bonchev–Trinajstić information content (AvgIpc) is 2.71. The molecule has 2 rings (SSSR count). The Labute approximate surface area is 119 Å². The molecule has 1 aromatic heterocycles. The van der Waals surface area contributed by atoms with Crippen LogP contribution in [0.1, 0.15) is 16.8 Å². The maximum Gasteiger partial charge on any atom is 0.417 e. The molecule has 7 heteroatoms. The van der Waals surface area contributed by atoms with Gasteiger partial charge in [-0.05, 0) is 32.2 Å². The third-order valence-electron chi connectivity index (χ3n) is 2.98. The van der Waals surface area contributed by atoms with Crippen molar-refractivity contribution in [2.24, 2.45) is 0 Å². The van der Waals surface area contributed by atoms with E-state index in [-0.39, 0.29) is 5.02 Å². The Morgan fingerprint density at radius 2 is 2.05 bits per heavy atom. The Morgan fingerprint density at radius 1 is 1.35 bits per heavy atom. The molecule has 0 aliphatic rings. The van der Waals surface area contributed by atoms with Crippen molar-refractivity contribution in [1.82, 2.24) is 15.1 Å². The number of hydrogen-bond acceptors (Lipinski definition) is 2. The molecule has 0 amide bonds. The van der Waals surface area contributed by atoms with E-state index in [4.69, 9.17) is 11.6 Å². The third kappa shape index (κ3) is 2.81. The molecule has 0 aliphatic heterocycles. The van der Waals surface area contributed by atoms with Crippen molar-refractivity contribution in [2.45, 2.75) is 19.6 Å². The molecular formula is C13H13ClF3N3. The van der Waals surface area contributed by atoms with E-state index in [1.807, 2.05) is 6.92 Å². The van der Waals surface area contributed by atoms with Crippen LogP contribution in [0.2, 0.25) is 5.02 Å². The molecule has 0 saturated heterocycles. The summed E-state index contributed by atoms with van der Waals surface area (Å²) in [5, 5.41) is 6.79. The van der Waals surface area contributed by atoms with Crippen LogP contribution >= 0.6 is 11.6 Å². The summed E-state index contributed by atoms with van der Waals surface area (Å²) in [4.78, 5) is 0. The molecule has 2 aromatic rings. The Kier molecular flexibility index (Phi) is 4.06. The summed E-state index contributed by atoms with van der Waals surface area (Å²) in [6.07, 6.45) is -2.85. The predicted molar refractivity (Wildman–Crippen MR) is 71.1 cm³/mol. The van der Waals surface area contributed by atoms with Crippen molar-refractivity contribution in [2.75, 3.05) is 7.05 Å². The van der Waals surface area contributed by atoms with Crippen LogP contribution < -0.4 is 5.32 Å². The number of aromatic nitrogens is 2. The Morgan fingerprint density at radius 3 is 2.65 bits per heavy atom. The maximum atomic E-state index is 12.8. The van der Waals surface area contributed by atoms with Gasteiger partial charge < -0.3 is 5.32 Å². The number of nitrogens with one attached hydrogen (secondary N) is 1. The van der Waals surface area contributed by atoms with Crippen molar-refractivity contribution in [3.05, 3.63) is 46.2 Å². The van der Waals surface area contributed by atoms with E-state index >= 15 is 0 Å². The highest BCUT2D eigenvalue weighted by atomic mass is 35.5. The van der Waals surface area contributed by atoms with E-state index in [1.165, 1.54) is 16.8 Å². The second-order valence-corrected chi connectivity index (χ2v) is 4.77. The molecule has 0 saturated carbocycles. The third-order valence-corrected chi connectivity index (χ3v) is 3.31. The number of rotatable bonds is 3. The normalized spacial score (nSPS) is 11.9. The number of hydrogen-bond donors (Lipinski definition) is 1. The van der Waals surface area contributed by atoms with Gasteiger partial charge in [-0.2, -0.15) is 18.3 Å². The van der Waals surface area contributed by atoms with E-state index in [9.17, 15) is 13.2 Å². The molecular weight excluding hydrogens is 291 g/mol. The van der Waals surface area contributed by atoms with Crippen LogP contribution in [0.4, 0.5) is 13.2 Å². The van der Waals surface area contributed by atoms with Gasteiger partial charge in [0, 0.05) is 17.8 Å². The average molecular weight is 304 g/mol. The van der Waals surface area contributed by atoms with Gasteiger partial charge >= 0.3 is 6.18 Å². The van der Waals surface area contributed by atoms with Gasteiger partial charge in [0.1, 0.15) is 0 Å². The van der Waals surface area contributed by atoms with Gasteiger partial charge in [-0.25, -0.2) is 4.68 Å². The van der Waals surface area contributed by atoms with Crippen LogP contribution in [0.25, 0.3) is 5.69 Å². The highest BCUT2D eigenvalue weighted by Crippen LogP contribution is 2.35. The van der Waals surface area contributed by atoms with E-state index in [0.717, 1.165) is 17.3 Å². The molecule has 1 aromatic carbocycles. The Bertz CT molecular complexity index is 620. The lowest BCUT2D eigenvalue weighted by Crippen LogP contribution is -2.09. The molecule has 0 aliphatic carbocycles. The number of benzene rings is 1. The topological polar surface area (TPSA) is 29.9 Å². The standard InChI is InChI=1S/C13H13ClF3N3/c1-8-9(6-18-2)7-19-20(8)10-3-4-12(14)11(5-10)13(15,16)17/h3-5,7,18H,6H2,1-2H3. The van der Waals surface area contributed by atoms with Crippen LogP contribution in [0, 0.1) is 6.92 Å². The van der Waals surface area contributed by atoms with Gasteiger partial charge in [0.15, 0.2) is 0 Å². The molecule has 0 bridgehead atoms. The van der Waals surface area contributed by atoms with E-state index in [0.29, 0.717) is 12.2 Å². The maximum absolute atomic E-state index is 12.8. The van der Waals surface area contributed by atoms with Crippen molar-refractivity contribution >= 4 is 11.6 Å². The molecule has 1 N–H and O–H groups in total. The quantitative estimate of drug-likeness (QED) is 0.939. The molecule has 0 radical (unpaired) electrons. The summed E-state index contributed by atoms with van der Waals surface area (Å²) in [5.74, 6) is 0. The van der Waals surface area contributed by atoms with Crippen LogP contribution in [-0.2, 0) is 12.7 Å². The fraction of sp³-hybridized carbons (Fsp3) is 0.308. The molecule has 20 heavy (non-hydrogen) atoms. The first kappa shape index (κ1) is 14.9. The van der Waals surface area contributed by atoms with Crippen LogP contribution in [0.3, 0.4) is 0 Å². The van der Waals surface area contributed by atoms with Gasteiger partial charge in [-0.1, -0.05) is 11.6 Å². The minimum absolute atomic E-state index is 0.318. The van der Waals surface area contributed by atoms with Crippen LogP contribution in [0.15, 0.2) is 24.4 Å². The number of alkyl halides is 3. The van der Waals surface area contributed by atoms with E-state index in [2.05, 4.69) is 10.4 Å². The lowest BCUT2D eigenvalue weighted by molar-refractivity contribution is -0.137. The Balaban J connectivity index is 2.49. The number of nitrogens with zero attached hydrogens (tertiary/aromatic N) is 2. The van der Waals surface area contributed by atoms with Crippen molar-refractivity contribution in [3.63, 3.8) is 0 Å². The van der Waals surface area contributed by atoms with Crippen molar-refractivity contribution < 1.29 is 13.2 Å². The van der Waals surface area contributed by atoms with Gasteiger partial charge in [-0.15, -0.1) is 0 Å². The first-order chi connectivity index (χ1) is 9.34. The van der Waals surface area contributed by atoms with E-state index < -0.39 is 11.7 Å². The molecule has 1 heterocycles. The van der Waals surface area contributed by atoms with E-state index in [1.54, 1.807) is 13.2 Å². The molecule has 108 valence electrons. The lowest BCUT2D eigenvalue weighted by atomic mass is 10.2. The highest BCUT2D eigenvalue weighted by Gasteiger charge is 2.33. The zero-order valence-electron chi connectivity index (χ0n) is 10.9. The second kappa shape index (κ2) is 5.46. The highest BCUT2D eigenvalue weighted by molar-refractivity contribution is 6.31. The monoisotopic (exact) mass is 303 g/mol. The first-order valence-corrected chi connectivity index (χ1v) is 6.27. The Hall–Kier alpha value is -1.53. The largest absolute Gasteiger partial charge is 0.417 e.